The van der Waals surface area contributed by atoms with Crippen LogP contribution in [0.25, 0.3) is 11.0 Å². The Hall–Kier alpha value is -3.83. The second kappa shape index (κ2) is 8.91. The molecule has 0 fully saturated rings. The number of hydrogen-bond donors (Lipinski definition) is 1. The maximum atomic E-state index is 11.9. The van der Waals surface area contributed by atoms with Crippen LogP contribution in [-0.4, -0.2) is 25.1 Å². The van der Waals surface area contributed by atoms with Gasteiger partial charge in [0.25, 0.3) is 5.91 Å². The van der Waals surface area contributed by atoms with Gasteiger partial charge in [-0.05, 0) is 36.4 Å². The average Bonchev–Trinajstić information content (AvgIpc) is 2.70. The van der Waals surface area contributed by atoms with Gasteiger partial charge in [0.1, 0.15) is 17.4 Å². The minimum atomic E-state index is -0.757. The van der Waals surface area contributed by atoms with E-state index < -0.39 is 30.7 Å². The molecule has 0 bridgehead atoms. The zero-order chi connectivity index (χ0) is 20.8. The number of esters is 1. The molecule has 9 heteroatoms. The molecule has 0 aliphatic rings. The highest BCUT2D eigenvalue weighted by Gasteiger charge is 2.10. The lowest BCUT2D eigenvalue weighted by Gasteiger charge is -2.08. The van der Waals surface area contributed by atoms with Crippen molar-refractivity contribution in [1.29, 1.82) is 5.26 Å². The minimum absolute atomic E-state index is 0.196. The van der Waals surface area contributed by atoms with Crippen molar-refractivity contribution in [2.24, 2.45) is 0 Å². The van der Waals surface area contributed by atoms with Gasteiger partial charge in [0.2, 0.25) is 0 Å². The third kappa shape index (κ3) is 5.34. The number of fused-ring (bicyclic) bond motifs is 1. The summed E-state index contributed by atoms with van der Waals surface area (Å²) in [5.41, 5.74) is 0.470. The monoisotopic (exact) mass is 412 g/mol. The molecule has 3 rings (SSSR count). The van der Waals surface area contributed by atoms with E-state index in [0.29, 0.717) is 22.4 Å². The van der Waals surface area contributed by atoms with Crippen LogP contribution in [-0.2, 0) is 14.3 Å². The van der Waals surface area contributed by atoms with Crippen LogP contribution >= 0.6 is 11.6 Å². The Bertz CT molecular complexity index is 1180. The number of nitriles is 1. The van der Waals surface area contributed by atoms with Crippen molar-refractivity contribution >= 4 is 40.1 Å². The third-order valence-corrected chi connectivity index (χ3v) is 4.00. The van der Waals surface area contributed by atoms with E-state index in [-0.39, 0.29) is 10.6 Å². The molecule has 0 unspecified atom stereocenters. The smallest absolute Gasteiger partial charge is 0.344 e. The molecule has 8 nitrogen and oxygen atoms in total. The molecular weight excluding hydrogens is 400 g/mol. The van der Waals surface area contributed by atoms with Crippen LogP contribution in [0.3, 0.4) is 0 Å². The number of amides is 1. The standard InChI is InChI=1S/C20H13ClN2O6/c21-16-7-14(4-1-13(16)9-22)23-18(24)10-28-20(26)11-27-15-5-2-12-3-6-19(25)29-17(12)8-15/h1-8H,10-11H2,(H,23,24). The second-order valence-corrected chi connectivity index (χ2v) is 6.17. The largest absolute Gasteiger partial charge is 0.482 e. The fourth-order valence-electron chi connectivity index (χ4n) is 2.34. The highest BCUT2D eigenvalue weighted by molar-refractivity contribution is 6.32. The summed E-state index contributed by atoms with van der Waals surface area (Å²) in [6.45, 7) is -0.953. The van der Waals surface area contributed by atoms with Crippen molar-refractivity contribution in [1.82, 2.24) is 0 Å². The van der Waals surface area contributed by atoms with Crippen molar-refractivity contribution in [3.8, 4) is 11.8 Å². The Morgan fingerprint density at radius 3 is 2.66 bits per heavy atom. The number of benzene rings is 2. The van der Waals surface area contributed by atoms with Gasteiger partial charge < -0.3 is 19.2 Å². The molecule has 0 aliphatic heterocycles. The molecule has 0 saturated heterocycles. The quantitative estimate of drug-likeness (QED) is 0.488. The van der Waals surface area contributed by atoms with E-state index in [2.05, 4.69) is 5.32 Å². The number of anilines is 1. The normalized spacial score (nSPS) is 10.2. The molecule has 29 heavy (non-hydrogen) atoms. The molecule has 3 aromatic rings. The summed E-state index contributed by atoms with van der Waals surface area (Å²) in [4.78, 5) is 34.9. The molecule has 1 heterocycles. The number of nitrogens with zero attached hydrogens (tertiary/aromatic N) is 1. The summed E-state index contributed by atoms with van der Waals surface area (Å²) in [5.74, 6) is -1.03. The molecule has 1 N–H and O–H groups in total. The van der Waals surface area contributed by atoms with Gasteiger partial charge in [0.15, 0.2) is 13.2 Å². The SMILES string of the molecule is N#Cc1ccc(NC(=O)COC(=O)COc2ccc3ccc(=O)oc3c2)cc1Cl. The van der Waals surface area contributed by atoms with Crippen LogP contribution in [0, 0.1) is 11.3 Å². The minimum Gasteiger partial charge on any atom is -0.482 e. The first-order chi connectivity index (χ1) is 13.9. The lowest BCUT2D eigenvalue weighted by atomic mass is 10.2. The van der Waals surface area contributed by atoms with Crippen LogP contribution in [0.2, 0.25) is 5.02 Å². The predicted molar refractivity (Wildman–Crippen MR) is 104 cm³/mol. The molecule has 2 aromatic carbocycles. The van der Waals surface area contributed by atoms with Crippen LogP contribution < -0.4 is 15.7 Å². The number of carbonyl (C=O) groups is 2. The number of nitrogens with one attached hydrogen (secondary N) is 1. The van der Waals surface area contributed by atoms with E-state index in [4.69, 9.17) is 30.8 Å². The first kappa shape index (κ1) is 19.9. The van der Waals surface area contributed by atoms with E-state index in [1.54, 1.807) is 18.2 Å². The van der Waals surface area contributed by atoms with Gasteiger partial charge in [-0.2, -0.15) is 5.26 Å². The number of hydrogen-bond acceptors (Lipinski definition) is 7. The predicted octanol–water partition coefficient (Wildman–Crippen LogP) is 2.88. The van der Waals surface area contributed by atoms with Crippen molar-refractivity contribution in [2.45, 2.75) is 0 Å². The average molecular weight is 413 g/mol. The molecule has 146 valence electrons. The Kier molecular flexibility index (Phi) is 6.12. The highest BCUT2D eigenvalue weighted by Crippen LogP contribution is 2.20. The summed E-state index contributed by atoms with van der Waals surface area (Å²) in [6.07, 6.45) is 0. The van der Waals surface area contributed by atoms with Gasteiger partial charge >= 0.3 is 11.6 Å². The molecule has 1 amide bonds. The molecule has 0 radical (unpaired) electrons. The summed E-state index contributed by atoms with van der Waals surface area (Å²) in [5, 5.41) is 12.2. The highest BCUT2D eigenvalue weighted by atomic mass is 35.5. The van der Waals surface area contributed by atoms with E-state index >= 15 is 0 Å². The lowest BCUT2D eigenvalue weighted by Crippen LogP contribution is -2.23. The second-order valence-electron chi connectivity index (χ2n) is 5.76. The molecule has 1 aromatic heterocycles. The number of carbonyl (C=O) groups excluding carboxylic acids is 2. The summed E-state index contributed by atoms with van der Waals surface area (Å²) >= 11 is 5.89. The first-order valence-electron chi connectivity index (χ1n) is 8.26. The van der Waals surface area contributed by atoms with Gasteiger partial charge in [-0.25, -0.2) is 9.59 Å². The van der Waals surface area contributed by atoms with Crippen molar-refractivity contribution in [3.63, 3.8) is 0 Å². The molecule has 0 saturated carbocycles. The van der Waals surface area contributed by atoms with Crippen LogP contribution in [0.4, 0.5) is 5.69 Å². The molecule has 0 spiro atoms. The Morgan fingerprint density at radius 1 is 1.10 bits per heavy atom. The molecule has 0 atom stereocenters. The Labute approximate surface area is 169 Å². The zero-order valence-corrected chi connectivity index (χ0v) is 15.6. The third-order valence-electron chi connectivity index (χ3n) is 3.69. The van der Waals surface area contributed by atoms with Crippen LogP contribution in [0.5, 0.6) is 5.75 Å². The van der Waals surface area contributed by atoms with Gasteiger partial charge in [-0.15, -0.1) is 0 Å². The fourth-order valence-corrected chi connectivity index (χ4v) is 2.56. The first-order valence-corrected chi connectivity index (χ1v) is 8.64. The van der Waals surface area contributed by atoms with Crippen molar-refractivity contribution in [3.05, 3.63) is 69.5 Å². The van der Waals surface area contributed by atoms with Crippen molar-refractivity contribution < 1.29 is 23.5 Å². The van der Waals surface area contributed by atoms with E-state index in [1.807, 2.05) is 6.07 Å². The van der Waals surface area contributed by atoms with Gasteiger partial charge in [0, 0.05) is 23.2 Å². The maximum absolute atomic E-state index is 11.9. The van der Waals surface area contributed by atoms with E-state index in [9.17, 15) is 14.4 Å². The number of halogens is 1. The van der Waals surface area contributed by atoms with Gasteiger partial charge in [-0.1, -0.05) is 11.6 Å². The van der Waals surface area contributed by atoms with E-state index in [0.717, 1.165) is 0 Å². The Morgan fingerprint density at radius 2 is 1.90 bits per heavy atom. The fraction of sp³-hybridized carbons (Fsp3) is 0.100. The van der Waals surface area contributed by atoms with Crippen LogP contribution in [0.1, 0.15) is 5.56 Å². The van der Waals surface area contributed by atoms with E-state index in [1.165, 1.54) is 30.3 Å². The number of ether oxygens (including phenoxy) is 2. The van der Waals surface area contributed by atoms with Gasteiger partial charge in [-0.3, -0.25) is 4.79 Å². The molecular formula is C20H13ClN2O6. The van der Waals surface area contributed by atoms with Crippen molar-refractivity contribution in [2.75, 3.05) is 18.5 Å². The number of rotatable bonds is 6. The summed E-state index contributed by atoms with van der Waals surface area (Å²) < 4.78 is 15.2. The summed E-state index contributed by atoms with van der Waals surface area (Å²) in [7, 11) is 0. The molecule has 0 aliphatic carbocycles. The Balaban J connectivity index is 1.48. The topological polar surface area (TPSA) is 119 Å². The van der Waals surface area contributed by atoms with Crippen LogP contribution in [0.15, 0.2) is 57.7 Å². The zero-order valence-electron chi connectivity index (χ0n) is 14.8. The maximum Gasteiger partial charge on any atom is 0.344 e. The summed E-state index contributed by atoms with van der Waals surface area (Å²) in [6, 6.07) is 14.0. The van der Waals surface area contributed by atoms with Gasteiger partial charge in [0.05, 0.1) is 10.6 Å². The lowest BCUT2D eigenvalue weighted by molar-refractivity contribution is -0.149.